The van der Waals surface area contributed by atoms with E-state index in [2.05, 4.69) is 26.1 Å². The SMILES string of the molecule is CCCCOCCC1(CNC(C)C)CC1. The number of rotatable bonds is 9. The molecule has 0 heterocycles. The summed E-state index contributed by atoms with van der Waals surface area (Å²) in [4.78, 5) is 0. The molecule has 0 aromatic carbocycles. The second kappa shape index (κ2) is 6.49. The van der Waals surface area contributed by atoms with Gasteiger partial charge in [-0.25, -0.2) is 0 Å². The van der Waals surface area contributed by atoms with Crippen LogP contribution in [0.1, 0.15) is 52.9 Å². The summed E-state index contributed by atoms with van der Waals surface area (Å²) in [6.07, 6.45) is 6.47. The fraction of sp³-hybridized carbons (Fsp3) is 1.00. The van der Waals surface area contributed by atoms with Crippen LogP contribution in [0.4, 0.5) is 0 Å². The van der Waals surface area contributed by atoms with Crippen LogP contribution in [-0.4, -0.2) is 25.8 Å². The number of unbranched alkanes of at least 4 members (excludes halogenated alkanes) is 1. The van der Waals surface area contributed by atoms with Crippen molar-refractivity contribution in [2.75, 3.05) is 19.8 Å². The Balaban J connectivity index is 1.99. The lowest BCUT2D eigenvalue weighted by atomic mass is 10.0. The molecule has 1 aliphatic rings. The van der Waals surface area contributed by atoms with E-state index in [1.807, 2.05) is 0 Å². The molecule has 2 heteroatoms. The first-order valence-corrected chi connectivity index (χ1v) is 6.50. The average Bonchev–Trinajstić information content (AvgIpc) is 2.96. The van der Waals surface area contributed by atoms with Gasteiger partial charge in [0.05, 0.1) is 0 Å². The predicted octanol–water partition coefficient (Wildman–Crippen LogP) is 2.97. The van der Waals surface area contributed by atoms with Gasteiger partial charge in [-0.3, -0.25) is 0 Å². The molecule has 0 spiro atoms. The Hall–Kier alpha value is -0.0800. The van der Waals surface area contributed by atoms with Crippen molar-refractivity contribution in [2.45, 2.75) is 58.9 Å². The van der Waals surface area contributed by atoms with Gasteiger partial charge in [-0.15, -0.1) is 0 Å². The summed E-state index contributed by atoms with van der Waals surface area (Å²) in [5.74, 6) is 0. The maximum Gasteiger partial charge on any atom is 0.0471 e. The summed E-state index contributed by atoms with van der Waals surface area (Å²) < 4.78 is 5.63. The normalized spacial score (nSPS) is 18.4. The van der Waals surface area contributed by atoms with Crippen LogP contribution in [0.3, 0.4) is 0 Å². The number of nitrogens with one attached hydrogen (secondary N) is 1. The Labute approximate surface area is 94.8 Å². The van der Waals surface area contributed by atoms with Gasteiger partial charge >= 0.3 is 0 Å². The van der Waals surface area contributed by atoms with Crippen molar-refractivity contribution in [1.29, 1.82) is 0 Å². The van der Waals surface area contributed by atoms with Crippen molar-refractivity contribution in [2.24, 2.45) is 5.41 Å². The predicted molar refractivity (Wildman–Crippen MR) is 65.1 cm³/mol. The highest BCUT2D eigenvalue weighted by Crippen LogP contribution is 2.48. The summed E-state index contributed by atoms with van der Waals surface area (Å²) in [5, 5.41) is 3.54. The monoisotopic (exact) mass is 213 g/mol. The maximum atomic E-state index is 5.63. The summed E-state index contributed by atoms with van der Waals surface area (Å²) in [6.45, 7) is 9.73. The van der Waals surface area contributed by atoms with E-state index in [0.717, 1.165) is 13.2 Å². The number of hydrogen-bond donors (Lipinski definition) is 1. The van der Waals surface area contributed by atoms with Crippen molar-refractivity contribution in [3.63, 3.8) is 0 Å². The van der Waals surface area contributed by atoms with Gasteiger partial charge in [-0.1, -0.05) is 27.2 Å². The standard InChI is InChI=1S/C13H27NO/c1-4-5-9-15-10-8-13(6-7-13)11-14-12(2)3/h12,14H,4-11H2,1-3H3. The molecule has 1 N–H and O–H groups in total. The van der Waals surface area contributed by atoms with Crippen LogP contribution in [0, 0.1) is 5.41 Å². The van der Waals surface area contributed by atoms with E-state index in [9.17, 15) is 0 Å². The molecule has 0 saturated heterocycles. The molecule has 1 aliphatic carbocycles. The zero-order valence-electron chi connectivity index (χ0n) is 10.6. The summed E-state index contributed by atoms with van der Waals surface area (Å²) >= 11 is 0. The molecule has 1 fully saturated rings. The molecule has 0 aromatic rings. The lowest BCUT2D eigenvalue weighted by molar-refractivity contribution is 0.113. The molecule has 0 bridgehead atoms. The molecule has 1 rings (SSSR count). The van der Waals surface area contributed by atoms with Crippen molar-refractivity contribution in [3.05, 3.63) is 0 Å². The number of ether oxygens (including phenoxy) is 1. The first kappa shape index (κ1) is 13.0. The Morgan fingerprint density at radius 3 is 2.53 bits per heavy atom. The first-order valence-electron chi connectivity index (χ1n) is 6.50. The van der Waals surface area contributed by atoms with Crippen LogP contribution in [0.5, 0.6) is 0 Å². The highest BCUT2D eigenvalue weighted by Gasteiger charge is 2.41. The Bertz CT molecular complexity index is 164. The third kappa shape index (κ3) is 5.53. The van der Waals surface area contributed by atoms with Gasteiger partial charge < -0.3 is 10.1 Å². The van der Waals surface area contributed by atoms with Crippen molar-refractivity contribution in [3.8, 4) is 0 Å². The van der Waals surface area contributed by atoms with Crippen molar-refractivity contribution >= 4 is 0 Å². The Morgan fingerprint density at radius 2 is 2.00 bits per heavy atom. The Morgan fingerprint density at radius 1 is 1.27 bits per heavy atom. The largest absolute Gasteiger partial charge is 0.381 e. The van der Waals surface area contributed by atoms with E-state index in [1.54, 1.807) is 0 Å². The maximum absolute atomic E-state index is 5.63. The van der Waals surface area contributed by atoms with Crippen LogP contribution < -0.4 is 5.32 Å². The van der Waals surface area contributed by atoms with Gasteiger partial charge in [0.1, 0.15) is 0 Å². The van der Waals surface area contributed by atoms with Gasteiger partial charge in [0.2, 0.25) is 0 Å². The van der Waals surface area contributed by atoms with Crippen LogP contribution >= 0.6 is 0 Å². The van der Waals surface area contributed by atoms with Crippen LogP contribution in [0.2, 0.25) is 0 Å². The molecule has 2 nitrogen and oxygen atoms in total. The van der Waals surface area contributed by atoms with Crippen LogP contribution in [0.15, 0.2) is 0 Å². The second-order valence-electron chi connectivity index (χ2n) is 5.25. The van der Waals surface area contributed by atoms with Gasteiger partial charge in [-0.2, -0.15) is 0 Å². The first-order chi connectivity index (χ1) is 7.18. The van der Waals surface area contributed by atoms with E-state index in [-0.39, 0.29) is 0 Å². The second-order valence-corrected chi connectivity index (χ2v) is 5.25. The molecular formula is C13H27NO. The highest BCUT2D eigenvalue weighted by atomic mass is 16.5. The van der Waals surface area contributed by atoms with Crippen LogP contribution in [0.25, 0.3) is 0 Å². The fourth-order valence-corrected chi connectivity index (χ4v) is 1.75. The quantitative estimate of drug-likeness (QED) is 0.595. The Kier molecular flexibility index (Phi) is 5.62. The van der Waals surface area contributed by atoms with E-state index >= 15 is 0 Å². The van der Waals surface area contributed by atoms with Crippen molar-refractivity contribution < 1.29 is 4.74 Å². The van der Waals surface area contributed by atoms with Gasteiger partial charge in [-0.05, 0) is 31.1 Å². The van der Waals surface area contributed by atoms with E-state index in [1.165, 1.54) is 38.6 Å². The van der Waals surface area contributed by atoms with Crippen molar-refractivity contribution in [1.82, 2.24) is 5.32 Å². The van der Waals surface area contributed by atoms with E-state index in [4.69, 9.17) is 4.74 Å². The molecule has 0 radical (unpaired) electrons. The molecule has 0 atom stereocenters. The number of hydrogen-bond acceptors (Lipinski definition) is 2. The molecule has 0 aliphatic heterocycles. The summed E-state index contributed by atoms with van der Waals surface area (Å²) in [7, 11) is 0. The third-order valence-corrected chi connectivity index (χ3v) is 3.26. The zero-order chi connectivity index (χ0) is 11.1. The molecule has 0 unspecified atom stereocenters. The molecule has 1 saturated carbocycles. The van der Waals surface area contributed by atoms with Crippen LogP contribution in [-0.2, 0) is 4.74 Å². The zero-order valence-corrected chi connectivity index (χ0v) is 10.6. The highest BCUT2D eigenvalue weighted by molar-refractivity contribution is 4.94. The van der Waals surface area contributed by atoms with Gasteiger partial charge in [0.25, 0.3) is 0 Å². The fourth-order valence-electron chi connectivity index (χ4n) is 1.75. The minimum atomic E-state index is 0.594. The third-order valence-electron chi connectivity index (χ3n) is 3.26. The lowest BCUT2D eigenvalue weighted by Crippen LogP contribution is -2.30. The molecule has 0 aromatic heterocycles. The summed E-state index contributed by atoms with van der Waals surface area (Å²) in [5.41, 5.74) is 0.594. The smallest absolute Gasteiger partial charge is 0.0471 e. The molecular weight excluding hydrogens is 186 g/mol. The molecule has 90 valence electrons. The summed E-state index contributed by atoms with van der Waals surface area (Å²) in [6, 6.07) is 0.614. The molecule has 15 heavy (non-hydrogen) atoms. The lowest BCUT2D eigenvalue weighted by Gasteiger charge is -2.17. The van der Waals surface area contributed by atoms with E-state index < -0.39 is 0 Å². The van der Waals surface area contributed by atoms with E-state index in [0.29, 0.717) is 11.5 Å². The molecule has 0 amide bonds. The minimum absolute atomic E-state index is 0.594. The minimum Gasteiger partial charge on any atom is -0.381 e. The topological polar surface area (TPSA) is 21.3 Å². The van der Waals surface area contributed by atoms with Gasteiger partial charge in [0.15, 0.2) is 0 Å². The van der Waals surface area contributed by atoms with Gasteiger partial charge in [0, 0.05) is 25.8 Å². The average molecular weight is 213 g/mol.